The van der Waals surface area contributed by atoms with Crippen LogP contribution in [0.4, 0.5) is 0 Å². The molecule has 1 fully saturated rings. The van der Waals surface area contributed by atoms with Crippen molar-refractivity contribution in [3.63, 3.8) is 0 Å². The van der Waals surface area contributed by atoms with Gasteiger partial charge in [0.2, 0.25) is 0 Å². The molecule has 1 aliphatic rings. The van der Waals surface area contributed by atoms with Gasteiger partial charge in [-0.3, -0.25) is 0 Å². The van der Waals surface area contributed by atoms with Crippen molar-refractivity contribution in [3.05, 3.63) is 34.3 Å². The normalized spacial score (nSPS) is 14.6. The Hall–Kier alpha value is -0.490. The zero-order chi connectivity index (χ0) is 10.6. The van der Waals surface area contributed by atoms with E-state index in [1.54, 1.807) is 0 Å². The van der Waals surface area contributed by atoms with Crippen LogP contribution in [0.15, 0.2) is 18.2 Å². The van der Waals surface area contributed by atoms with E-state index in [1.807, 2.05) is 26.0 Å². The van der Waals surface area contributed by atoms with Crippen molar-refractivity contribution in [1.29, 1.82) is 0 Å². The van der Waals surface area contributed by atoms with Crippen LogP contribution < -0.4 is 0 Å². The summed E-state index contributed by atoms with van der Waals surface area (Å²) in [7, 11) is 0. The first-order valence-corrected chi connectivity index (χ1v) is 5.98. The van der Waals surface area contributed by atoms with Gasteiger partial charge in [0.25, 0.3) is 0 Å². The minimum atomic E-state index is 0.772. The van der Waals surface area contributed by atoms with E-state index in [-0.39, 0.29) is 0 Å². The Kier molecular flexibility index (Phi) is 4.47. The lowest BCUT2D eigenvalue weighted by Crippen LogP contribution is -1.90. The van der Waals surface area contributed by atoms with Gasteiger partial charge >= 0.3 is 0 Å². The zero-order valence-corrected chi connectivity index (χ0v) is 10.1. The van der Waals surface area contributed by atoms with Crippen molar-refractivity contribution < 1.29 is 0 Å². The minimum Gasteiger partial charge on any atom is -0.0840 e. The molecule has 1 heteroatoms. The van der Waals surface area contributed by atoms with Crippen molar-refractivity contribution in [1.82, 2.24) is 0 Å². The highest BCUT2D eigenvalue weighted by Gasteiger charge is 2.27. The van der Waals surface area contributed by atoms with Gasteiger partial charge in [-0.15, -0.1) is 0 Å². The predicted molar refractivity (Wildman–Crippen MR) is 64.2 cm³/mol. The molecule has 0 nitrogen and oxygen atoms in total. The second-order valence-corrected chi connectivity index (χ2v) is 3.85. The topological polar surface area (TPSA) is 0 Å². The molecule has 0 saturated heterocycles. The molecular weight excluding hydrogens is 192 g/mol. The first kappa shape index (κ1) is 11.6. The number of aryl methyl sites for hydroxylation is 1. The van der Waals surface area contributed by atoms with Crippen LogP contribution in [-0.4, -0.2) is 0 Å². The van der Waals surface area contributed by atoms with Crippen LogP contribution in [0.1, 0.15) is 50.7 Å². The van der Waals surface area contributed by atoms with E-state index in [4.69, 9.17) is 11.6 Å². The smallest absolute Gasteiger partial charge is 0.0443 e. The maximum Gasteiger partial charge on any atom is 0.0443 e. The van der Waals surface area contributed by atoms with Crippen molar-refractivity contribution in [2.45, 2.75) is 46.0 Å². The number of hydrogen-bond donors (Lipinski definition) is 0. The molecule has 78 valence electrons. The molecule has 0 atom stereocenters. The van der Waals surface area contributed by atoms with E-state index in [1.165, 1.54) is 24.0 Å². The monoisotopic (exact) mass is 210 g/mol. The van der Waals surface area contributed by atoms with Gasteiger partial charge in [0, 0.05) is 5.02 Å². The fraction of sp³-hybridized carbons (Fsp3) is 0.538. The van der Waals surface area contributed by atoms with Gasteiger partial charge in [-0.05, 0) is 42.4 Å². The van der Waals surface area contributed by atoms with Crippen LogP contribution in [-0.2, 0) is 6.42 Å². The number of halogens is 1. The Bertz CT molecular complexity index is 287. The molecule has 0 spiro atoms. The largest absolute Gasteiger partial charge is 0.0840 e. The van der Waals surface area contributed by atoms with Gasteiger partial charge in [-0.25, -0.2) is 0 Å². The second-order valence-electron chi connectivity index (χ2n) is 3.44. The summed E-state index contributed by atoms with van der Waals surface area (Å²) in [4.78, 5) is 0. The summed E-state index contributed by atoms with van der Waals surface area (Å²) >= 11 is 6.14. The van der Waals surface area contributed by atoms with Gasteiger partial charge < -0.3 is 0 Å². The molecule has 1 aliphatic carbocycles. The SMILES string of the molecule is CC.CCc1cccc(Cl)c1C1CC1. The quantitative estimate of drug-likeness (QED) is 0.658. The number of benzene rings is 1. The van der Waals surface area contributed by atoms with Crippen LogP contribution in [0.5, 0.6) is 0 Å². The van der Waals surface area contributed by atoms with Crippen LogP contribution >= 0.6 is 11.6 Å². The molecule has 2 rings (SSSR count). The summed E-state index contributed by atoms with van der Waals surface area (Å²) in [6.45, 7) is 6.19. The van der Waals surface area contributed by atoms with Gasteiger partial charge in [-0.1, -0.05) is 44.5 Å². The van der Waals surface area contributed by atoms with E-state index >= 15 is 0 Å². The van der Waals surface area contributed by atoms with E-state index in [0.717, 1.165) is 17.4 Å². The Labute approximate surface area is 92.3 Å². The average Bonchev–Trinajstić information content (AvgIpc) is 3.04. The third-order valence-corrected chi connectivity index (χ3v) is 2.84. The molecule has 0 radical (unpaired) electrons. The van der Waals surface area contributed by atoms with Gasteiger partial charge in [0.05, 0.1) is 0 Å². The molecule has 0 aromatic heterocycles. The summed E-state index contributed by atoms with van der Waals surface area (Å²) in [6, 6.07) is 6.25. The molecule has 0 bridgehead atoms. The maximum atomic E-state index is 6.14. The van der Waals surface area contributed by atoms with Crippen molar-refractivity contribution in [2.24, 2.45) is 0 Å². The van der Waals surface area contributed by atoms with E-state index in [2.05, 4.69) is 13.0 Å². The Morgan fingerprint density at radius 2 is 1.93 bits per heavy atom. The molecule has 0 unspecified atom stereocenters. The fourth-order valence-electron chi connectivity index (χ4n) is 1.72. The third-order valence-electron chi connectivity index (χ3n) is 2.51. The highest BCUT2D eigenvalue weighted by Crippen LogP contribution is 2.44. The highest BCUT2D eigenvalue weighted by atomic mass is 35.5. The number of rotatable bonds is 2. The third kappa shape index (κ3) is 2.51. The van der Waals surface area contributed by atoms with Gasteiger partial charge in [0.15, 0.2) is 0 Å². The molecule has 14 heavy (non-hydrogen) atoms. The van der Waals surface area contributed by atoms with Crippen LogP contribution in [0.25, 0.3) is 0 Å². The van der Waals surface area contributed by atoms with E-state index in [9.17, 15) is 0 Å². The lowest BCUT2D eigenvalue weighted by Gasteiger charge is -2.07. The second kappa shape index (κ2) is 5.41. The summed E-state index contributed by atoms with van der Waals surface area (Å²) in [5.74, 6) is 0.772. The molecular formula is C13H19Cl. The first-order valence-electron chi connectivity index (χ1n) is 5.60. The fourth-order valence-corrected chi connectivity index (χ4v) is 2.07. The Balaban J connectivity index is 0.000000461. The molecule has 1 aromatic rings. The average molecular weight is 211 g/mol. The van der Waals surface area contributed by atoms with Crippen LogP contribution in [0.2, 0.25) is 5.02 Å². The Morgan fingerprint density at radius 3 is 2.43 bits per heavy atom. The van der Waals surface area contributed by atoms with Gasteiger partial charge in [0.1, 0.15) is 0 Å². The predicted octanol–water partition coefficient (Wildman–Crippen LogP) is 4.81. The molecule has 0 aliphatic heterocycles. The summed E-state index contributed by atoms with van der Waals surface area (Å²) < 4.78 is 0. The Morgan fingerprint density at radius 1 is 1.29 bits per heavy atom. The molecule has 0 amide bonds. The molecule has 1 aromatic carbocycles. The van der Waals surface area contributed by atoms with E-state index in [0.29, 0.717) is 0 Å². The van der Waals surface area contributed by atoms with Gasteiger partial charge in [-0.2, -0.15) is 0 Å². The van der Waals surface area contributed by atoms with Crippen molar-refractivity contribution in [3.8, 4) is 0 Å². The zero-order valence-electron chi connectivity index (χ0n) is 9.31. The summed E-state index contributed by atoms with van der Waals surface area (Å²) in [6.07, 6.45) is 3.76. The molecule has 0 N–H and O–H groups in total. The van der Waals surface area contributed by atoms with E-state index < -0.39 is 0 Å². The van der Waals surface area contributed by atoms with Crippen molar-refractivity contribution >= 4 is 11.6 Å². The first-order chi connectivity index (χ1) is 6.83. The number of hydrogen-bond acceptors (Lipinski definition) is 0. The summed E-state index contributed by atoms with van der Waals surface area (Å²) in [5, 5.41) is 0.969. The standard InChI is InChI=1S/C11H13Cl.C2H6/c1-2-8-4-3-5-10(12)11(8)9-6-7-9;1-2/h3-5,9H,2,6-7H2,1H3;1-2H3. The lowest BCUT2D eigenvalue weighted by molar-refractivity contribution is 1.03. The maximum absolute atomic E-state index is 6.14. The van der Waals surface area contributed by atoms with Crippen LogP contribution in [0, 0.1) is 0 Å². The highest BCUT2D eigenvalue weighted by molar-refractivity contribution is 6.31. The minimum absolute atomic E-state index is 0.772. The molecule has 0 heterocycles. The lowest BCUT2D eigenvalue weighted by atomic mass is 10.0. The van der Waals surface area contributed by atoms with Crippen LogP contribution in [0.3, 0.4) is 0 Å². The summed E-state index contributed by atoms with van der Waals surface area (Å²) in [5.41, 5.74) is 2.85. The molecule has 1 saturated carbocycles. The van der Waals surface area contributed by atoms with Crippen molar-refractivity contribution in [2.75, 3.05) is 0 Å².